The van der Waals surface area contributed by atoms with E-state index in [2.05, 4.69) is 5.16 Å². The zero-order valence-electron chi connectivity index (χ0n) is 12.7. The van der Waals surface area contributed by atoms with Crippen LogP contribution in [0.25, 0.3) is 0 Å². The number of carbonyl (C=O) groups excluding carboxylic acids is 1. The van der Waals surface area contributed by atoms with Gasteiger partial charge in [-0.2, -0.15) is 0 Å². The Balaban J connectivity index is 2.42. The van der Waals surface area contributed by atoms with Gasteiger partial charge in [0, 0.05) is 11.5 Å². The first kappa shape index (κ1) is 16.4. The highest BCUT2D eigenvalue weighted by molar-refractivity contribution is 6.35. The van der Waals surface area contributed by atoms with Gasteiger partial charge in [-0.05, 0) is 0 Å². The van der Waals surface area contributed by atoms with Crippen LogP contribution in [0.2, 0.25) is 0 Å². The molecule has 1 aliphatic heterocycles. The van der Waals surface area contributed by atoms with E-state index < -0.39 is 17.9 Å². The third-order valence-electron chi connectivity index (χ3n) is 3.29. The molecule has 1 aliphatic rings. The second kappa shape index (κ2) is 5.64. The Bertz CT molecular complexity index is 644. The zero-order valence-corrected chi connectivity index (χ0v) is 13.5. The number of rotatable bonds is 4. The minimum Gasteiger partial charge on any atom is -0.490 e. The normalized spacial score (nSPS) is 19.0. The van der Waals surface area contributed by atoms with E-state index in [-0.39, 0.29) is 28.4 Å². The Labute approximate surface area is 132 Å². The second-order valence-electron chi connectivity index (χ2n) is 5.97. The van der Waals surface area contributed by atoms with Crippen molar-refractivity contribution in [3.63, 3.8) is 0 Å². The molecular weight excluding hydrogens is 312 g/mol. The molecule has 0 saturated carbocycles. The van der Waals surface area contributed by atoms with E-state index in [1.165, 1.54) is 12.0 Å². The average Bonchev–Trinajstić information content (AvgIpc) is 2.94. The van der Waals surface area contributed by atoms with Crippen molar-refractivity contribution in [1.82, 2.24) is 5.16 Å². The van der Waals surface area contributed by atoms with E-state index in [9.17, 15) is 9.59 Å². The van der Waals surface area contributed by atoms with Crippen LogP contribution in [0, 0.1) is 0 Å². The summed E-state index contributed by atoms with van der Waals surface area (Å²) in [5.41, 5.74) is -0.294. The monoisotopic (exact) mass is 328 g/mol. The Morgan fingerprint density at radius 2 is 2.18 bits per heavy atom. The molecule has 22 heavy (non-hydrogen) atoms. The van der Waals surface area contributed by atoms with Gasteiger partial charge in [0.15, 0.2) is 5.82 Å². The SMILES string of the molecule is COC1=C(Cl)C(CC(=O)O)N(c2cc(C(C)(C)C)on2)C1=O. The predicted molar refractivity (Wildman–Crippen MR) is 78.6 cm³/mol. The molecule has 1 aromatic heterocycles. The van der Waals surface area contributed by atoms with Crippen LogP contribution in [-0.2, 0) is 19.7 Å². The Hall–Kier alpha value is -2.02. The molecule has 0 aromatic carbocycles. The summed E-state index contributed by atoms with van der Waals surface area (Å²) < 4.78 is 10.2. The summed E-state index contributed by atoms with van der Waals surface area (Å²) in [6.07, 6.45) is -0.352. The maximum atomic E-state index is 12.4. The second-order valence-corrected chi connectivity index (χ2v) is 6.38. The summed E-state index contributed by atoms with van der Waals surface area (Å²) in [5.74, 6) is -0.906. The van der Waals surface area contributed by atoms with Crippen LogP contribution < -0.4 is 4.90 Å². The molecule has 1 atom stereocenters. The van der Waals surface area contributed by atoms with Gasteiger partial charge in [-0.1, -0.05) is 37.5 Å². The summed E-state index contributed by atoms with van der Waals surface area (Å²) in [5, 5.41) is 13.0. The van der Waals surface area contributed by atoms with Crippen LogP contribution in [0.3, 0.4) is 0 Å². The smallest absolute Gasteiger partial charge is 0.305 e. The van der Waals surface area contributed by atoms with Gasteiger partial charge in [0.05, 0.1) is 24.6 Å². The van der Waals surface area contributed by atoms with Crippen molar-refractivity contribution in [1.29, 1.82) is 0 Å². The Morgan fingerprint density at radius 3 is 2.64 bits per heavy atom. The van der Waals surface area contributed by atoms with Crippen molar-refractivity contribution >= 4 is 29.3 Å². The topological polar surface area (TPSA) is 92.9 Å². The van der Waals surface area contributed by atoms with Gasteiger partial charge in [-0.3, -0.25) is 14.5 Å². The molecule has 0 bridgehead atoms. The Kier molecular flexibility index (Phi) is 4.19. The number of hydrogen-bond donors (Lipinski definition) is 1. The van der Waals surface area contributed by atoms with Gasteiger partial charge in [0.1, 0.15) is 5.76 Å². The van der Waals surface area contributed by atoms with E-state index in [0.717, 1.165) is 0 Å². The molecule has 1 amide bonds. The van der Waals surface area contributed by atoms with Crippen LogP contribution in [0.5, 0.6) is 0 Å². The summed E-state index contributed by atoms with van der Waals surface area (Å²) in [7, 11) is 1.31. The summed E-state index contributed by atoms with van der Waals surface area (Å²) in [6, 6.07) is 0.745. The van der Waals surface area contributed by atoms with Crippen molar-refractivity contribution in [2.45, 2.75) is 38.6 Å². The standard InChI is InChI=1S/C14H17ClN2O5/c1-14(2,3)8-6-9(16-22-8)17-7(5-10(18)19)11(15)12(21-4)13(17)20/h6-7H,5H2,1-4H3,(H,18,19). The molecule has 2 rings (SSSR count). The molecule has 120 valence electrons. The van der Waals surface area contributed by atoms with Gasteiger partial charge in [-0.25, -0.2) is 0 Å². The van der Waals surface area contributed by atoms with Gasteiger partial charge in [-0.15, -0.1) is 0 Å². The molecule has 0 spiro atoms. The van der Waals surface area contributed by atoms with Crippen LogP contribution in [0.4, 0.5) is 5.82 Å². The summed E-state index contributed by atoms with van der Waals surface area (Å²) in [6.45, 7) is 5.80. The van der Waals surface area contributed by atoms with Crippen molar-refractivity contribution in [2.24, 2.45) is 0 Å². The highest BCUT2D eigenvalue weighted by Crippen LogP contribution is 2.36. The predicted octanol–water partition coefficient (Wildman–Crippen LogP) is 2.26. The van der Waals surface area contributed by atoms with Crippen molar-refractivity contribution in [3.8, 4) is 0 Å². The lowest BCUT2D eigenvalue weighted by atomic mass is 9.93. The molecule has 7 nitrogen and oxygen atoms in total. The molecule has 1 N–H and O–H groups in total. The zero-order chi connectivity index (χ0) is 16.7. The van der Waals surface area contributed by atoms with Crippen molar-refractivity contribution in [2.75, 3.05) is 12.0 Å². The van der Waals surface area contributed by atoms with Crippen LogP contribution in [0.1, 0.15) is 33.0 Å². The number of carboxylic acids is 1. The molecule has 0 fully saturated rings. The average molecular weight is 329 g/mol. The van der Waals surface area contributed by atoms with Gasteiger partial charge >= 0.3 is 5.97 Å². The molecule has 1 aromatic rings. The maximum Gasteiger partial charge on any atom is 0.305 e. The molecule has 1 unspecified atom stereocenters. The number of halogens is 1. The molecule has 0 saturated heterocycles. The lowest BCUT2D eigenvalue weighted by Gasteiger charge is -2.20. The van der Waals surface area contributed by atoms with E-state index in [4.69, 9.17) is 26.0 Å². The fourth-order valence-electron chi connectivity index (χ4n) is 2.15. The van der Waals surface area contributed by atoms with Crippen LogP contribution in [0.15, 0.2) is 21.4 Å². The lowest BCUT2D eigenvalue weighted by Crippen LogP contribution is -2.37. The van der Waals surface area contributed by atoms with E-state index >= 15 is 0 Å². The molecular formula is C14H17ClN2O5. The van der Waals surface area contributed by atoms with Crippen molar-refractivity contribution in [3.05, 3.63) is 22.6 Å². The number of carboxylic acid groups (broad SMARTS) is 1. The van der Waals surface area contributed by atoms with Gasteiger partial charge in [0.25, 0.3) is 5.91 Å². The highest BCUT2D eigenvalue weighted by atomic mass is 35.5. The number of anilines is 1. The number of carbonyl (C=O) groups is 2. The summed E-state index contributed by atoms with van der Waals surface area (Å²) >= 11 is 6.10. The number of hydrogen-bond acceptors (Lipinski definition) is 5. The molecule has 0 radical (unpaired) electrons. The lowest BCUT2D eigenvalue weighted by molar-refractivity contribution is -0.137. The summed E-state index contributed by atoms with van der Waals surface area (Å²) in [4.78, 5) is 24.6. The third kappa shape index (κ3) is 2.81. The first-order chi connectivity index (χ1) is 10.2. The number of aromatic nitrogens is 1. The first-order valence-corrected chi connectivity index (χ1v) is 7.00. The van der Waals surface area contributed by atoms with Gasteiger partial charge < -0.3 is 14.4 Å². The van der Waals surface area contributed by atoms with Crippen LogP contribution >= 0.6 is 11.6 Å². The van der Waals surface area contributed by atoms with Gasteiger partial charge in [0.2, 0.25) is 5.76 Å². The number of ether oxygens (including phenoxy) is 1. The number of aliphatic carboxylic acids is 1. The minimum absolute atomic E-state index is 0.0511. The minimum atomic E-state index is -1.09. The van der Waals surface area contributed by atoms with Crippen LogP contribution in [-0.4, -0.2) is 35.3 Å². The Morgan fingerprint density at radius 1 is 1.55 bits per heavy atom. The van der Waals surface area contributed by atoms with E-state index in [1.54, 1.807) is 6.07 Å². The number of amides is 1. The maximum absolute atomic E-state index is 12.4. The van der Waals surface area contributed by atoms with Crippen molar-refractivity contribution < 1.29 is 24.0 Å². The number of methoxy groups -OCH3 is 1. The largest absolute Gasteiger partial charge is 0.490 e. The van der Waals surface area contributed by atoms with E-state index in [1.807, 2.05) is 20.8 Å². The number of nitrogens with zero attached hydrogens (tertiary/aromatic N) is 2. The van der Waals surface area contributed by atoms with E-state index in [0.29, 0.717) is 5.76 Å². The molecule has 8 heteroatoms. The fraction of sp³-hybridized carbons (Fsp3) is 0.500. The first-order valence-electron chi connectivity index (χ1n) is 6.63. The quantitative estimate of drug-likeness (QED) is 0.911. The highest BCUT2D eigenvalue weighted by Gasteiger charge is 2.43. The third-order valence-corrected chi connectivity index (χ3v) is 3.71. The fourth-order valence-corrected chi connectivity index (χ4v) is 2.48. The molecule has 0 aliphatic carbocycles. The molecule has 2 heterocycles.